The van der Waals surface area contributed by atoms with Crippen LogP contribution < -0.4 is 15.2 Å². The monoisotopic (exact) mass is 277 g/mol. The molecule has 1 aromatic carbocycles. The highest BCUT2D eigenvalue weighted by molar-refractivity contribution is 5.40. The molecule has 2 N–H and O–H groups in total. The van der Waals surface area contributed by atoms with Gasteiger partial charge in [0.15, 0.2) is 11.5 Å². The van der Waals surface area contributed by atoms with Crippen LogP contribution in [0.25, 0.3) is 0 Å². The van der Waals surface area contributed by atoms with Crippen molar-refractivity contribution in [1.29, 1.82) is 0 Å². The van der Waals surface area contributed by atoms with E-state index in [1.807, 2.05) is 24.3 Å². The highest BCUT2D eigenvalue weighted by Crippen LogP contribution is 2.32. The number of para-hydroxylation sites is 2. The minimum Gasteiger partial charge on any atom is -0.486 e. The summed E-state index contributed by atoms with van der Waals surface area (Å²) >= 11 is 0. The van der Waals surface area contributed by atoms with Crippen molar-refractivity contribution in [3.63, 3.8) is 0 Å². The Morgan fingerprint density at radius 3 is 2.70 bits per heavy atom. The average Bonchev–Trinajstić information content (AvgIpc) is 2.50. The van der Waals surface area contributed by atoms with E-state index in [-0.39, 0.29) is 12.1 Å². The summed E-state index contributed by atoms with van der Waals surface area (Å²) < 4.78 is 11.7. The second-order valence-corrected chi connectivity index (χ2v) is 5.73. The Labute approximate surface area is 122 Å². The molecule has 112 valence electrons. The number of hydrogen-bond acceptors (Lipinski definition) is 3. The van der Waals surface area contributed by atoms with E-state index in [2.05, 4.69) is 13.8 Å². The first-order valence-electron chi connectivity index (χ1n) is 7.88. The number of ether oxygens (including phenoxy) is 2. The molecule has 0 aromatic heterocycles. The van der Waals surface area contributed by atoms with Crippen LogP contribution in [0.2, 0.25) is 0 Å². The lowest BCUT2D eigenvalue weighted by Crippen LogP contribution is -2.45. The van der Waals surface area contributed by atoms with Crippen LogP contribution in [0.15, 0.2) is 24.3 Å². The first-order chi connectivity index (χ1) is 9.74. The third-order valence-electron chi connectivity index (χ3n) is 4.16. The summed E-state index contributed by atoms with van der Waals surface area (Å²) in [5, 5.41) is 0. The van der Waals surface area contributed by atoms with Crippen molar-refractivity contribution in [2.75, 3.05) is 6.61 Å². The summed E-state index contributed by atoms with van der Waals surface area (Å²) in [6.45, 7) is 5.05. The molecule has 0 radical (unpaired) electrons. The largest absolute Gasteiger partial charge is 0.486 e. The third-order valence-corrected chi connectivity index (χ3v) is 4.16. The molecule has 0 spiro atoms. The maximum Gasteiger partial charge on any atom is 0.161 e. The molecule has 3 heteroatoms. The molecule has 20 heavy (non-hydrogen) atoms. The first kappa shape index (κ1) is 15.2. The third kappa shape index (κ3) is 3.89. The highest BCUT2D eigenvalue weighted by atomic mass is 16.6. The molecule has 3 unspecified atom stereocenters. The zero-order valence-electron chi connectivity index (χ0n) is 12.7. The van der Waals surface area contributed by atoms with Gasteiger partial charge >= 0.3 is 0 Å². The second-order valence-electron chi connectivity index (χ2n) is 5.73. The van der Waals surface area contributed by atoms with Gasteiger partial charge in [0.05, 0.1) is 0 Å². The van der Waals surface area contributed by atoms with Gasteiger partial charge < -0.3 is 15.2 Å². The molecule has 0 saturated carbocycles. The van der Waals surface area contributed by atoms with Crippen LogP contribution in [0.1, 0.15) is 46.0 Å². The molecule has 2 rings (SSSR count). The van der Waals surface area contributed by atoms with Gasteiger partial charge in [-0.15, -0.1) is 0 Å². The normalized spacial score (nSPS) is 20.4. The molecule has 3 atom stereocenters. The first-order valence-corrected chi connectivity index (χ1v) is 7.88. The second kappa shape index (κ2) is 7.53. The topological polar surface area (TPSA) is 44.5 Å². The van der Waals surface area contributed by atoms with Crippen molar-refractivity contribution in [3.05, 3.63) is 24.3 Å². The van der Waals surface area contributed by atoms with Gasteiger partial charge in [-0.1, -0.05) is 51.7 Å². The fourth-order valence-electron chi connectivity index (χ4n) is 2.76. The minimum atomic E-state index is -0.0272. The van der Waals surface area contributed by atoms with E-state index in [0.29, 0.717) is 12.5 Å². The zero-order chi connectivity index (χ0) is 14.4. The van der Waals surface area contributed by atoms with E-state index < -0.39 is 0 Å². The van der Waals surface area contributed by atoms with Gasteiger partial charge in [0.2, 0.25) is 0 Å². The van der Waals surface area contributed by atoms with Gasteiger partial charge in [-0.25, -0.2) is 0 Å². The lowest BCUT2D eigenvalue weighted by molar-refractivity contribution is 0.0649. The van der Waals surface area contributed by atoms with Gasteiger partial charge in [-0.3, -0.25) is 0 Å². The Bertz CT molecular complexity index is 408. The van der Waals surface area contributed by atoms with E-state index in [4.69, 9.17) is 15.2 Å². The molecule has 1 aliphatic heterocycles. The maximum absolute atomic E-state index is 6.35. The predicted molar refractivity (Wildman–Crippen MR) is 82.3 cm³/mol. The maximum atomic E-state index is 6.35. The lowest BCUT2D eigenvalue weighted by atomic mass is 9.90. The van der Waals surface area contributed by atoms with E-state index >= 15 is 0 Å². The summed E-state index contributed by atoms with van der Waals surface area (Å²) in [6, 6.07) is 7.85. The number of rotatable bonds is 7. The molecule has 0 aliphatic carbocycles. The molecule has 0 saturated heterocycles. The van der Waals surface area contributed by atoms with Gasteiger partial charge in [-0.2, -0.15) is 0 Å². The SMILES string of the molecule is CCCCC(CC)CC(N)C1COc2ccccc2O1. The van der Waals surface area contributed by atoms with Gasteiger partial charge in [0, 0.05) is 6.04 Å². The molecule has 1 aliphatic rings. The van der Waals surface area contributed by atoms with E-state index in [0.717, 1.165) is 17.9 Å². The zero-order valence-corrected chi connectivity index (χ0v) is 12.7. The van der Waals surface area contributed by atoms with Crippen LogP contribution in [0.4, 0.5) is 0 Å². The van der Waals surface area contributed by atoms with E-state index in [1.165, 1.54) is 25.7 Å². The number of unbranched alkanes of at least 4 members (excludes halogenated alkanes) is 1. The van der Waals surface area contributed by atoms with Crippen molar-refractivity contribution in [2.45, 2.75) is 58.1 Å². The van der Waals surface area contributed by atoms with Crippen molar-refractivity contribution in [2.24, 2.45) is 11.7 Å². The Kier molecular flexibility index (Phi) is 5.72. The summed E-state index contributed by atoms with van der Waals surface area (Å²) in [4.78, 5) is 0. The molecule has 1 aromatic rings. The lowest BCUT2D eigenvalue weighted by Gasteiger charge is -2.32. The van der Waals surface area contributed by atoms with Crippen LogP contribution in [-0.4, -0.2) is 18.8 Å². The molecule has 3 nitrogen and oxygen atoms in total. The smallest absolute Gasteiger partial charge is 0.161 e. The van der Waals surface area contributed by atoms with Gasteiger partial charge in [0.1, 0.15) is 12.7 Å². The predicted octanol–water partition coefficient (Wildman–Crippen LogP) is 3.76. The molecule has 0 bridgehead atoms. The van der Waals surface area contributed by atoms with E-state index in [9.17, 15) is 0 Å². The highest BCUT2D eigenvalue weighted by Gasteiger charge is 2.27. The van der Waals surface area contributed by atoms with Crippen molar-refractivity contribution in [3.8, 4) is 11.5 Å². The average molecular weight is 277 g/mol. The Balaban J connectivity index is 1.89. The fourth-order valence-corrected chi connectivity index (χ4v) is 2.76. The standard InChI is InChI=1S/C17H27NO2/c1-3-5-8-13(4-2)11-14(18)17-12-19-15-9-6-7-10-16(15)20-17/h6-7,9-10,13-14,17H,3-5,8,11-12,18H2,1-2H3. The molecular weight excluding hydrogens is 250 g/mol. The molecular formula is C17H27NO2. The van der Waals surface area contributed by atoms with Crippen molar-refractivity contribution in [1.82, 2.24) is 0 Å². The summed E-state index contributed by atoms with van der Waals surface area (Å²) in [6.07, 6.45) is 5.99. The Hall–Kier alpha value is -1.22. The molecule has 0 fully saturated rings. The quantitative estimate of drug-likeness (QED) is 0.825. The fraction of sp³-hybridized carbons (Fsp3) is 0.647. The summed E-state index contributed by atoms with van der Waals surface area (Å²) in [5.41, 5.74) is 6.35. The Morgan fingerprint density at radius 2 is 2.00 bits per heavy atom. The van der Waals surface area contributed by atoms with Crippen LogP contribution in [0, 0.1) is 5.92 Å². The number of fused-ring (bicyclic) bond motifs is 1. The summed E-state index contributed by atoms with van der Waals surface area (Å²) in [7, 11) is 0. The van der Waals surface area contributed by atoms with Gasteiger partial charge in [0.25, 0.3) is 0 Å². The number of benzene rings is 1. The number of nitrogens with two attached hydrogens (primary N) is 1. The van der Waals surface area contributed by atoms with Crippen molar-refractivity contribution >= 4 is 0 Å². The summed E-state index contributed by atoms with van der Waals surface area (Å²) in [5.74, 6) is 2.35. The minimum absolute atomic E-state index is 0.0272. The molecule has 0 amide bonds. The molecule has 1 heterocycles. The van der Waals surface area contributed by atoms with Gasteiger partial charge in [-0.05, 0) is 24.5 Å². The van der Waals surface area contributed by atoms with Crippen LogP contribution in [0.3, 0.4) is 0 Å². The van der Waals surface area contributed by atoms with Crippen molar-refractivity contribution < 1.29 is 9.47 Å². The van der Waals surface area contributed by atoms with Crippen LogP contribution in [0.5, 0.6) is 11.5 Å². The number of hydrogen-bond donors (Lipinski definition) is 1. The van der Waals surface area contributed by atoms with E-state index in [1.54, 1.807) is 0 Å². The Morgan fingerprint density at radius 1 is 1.25 bits per heavy atom. The van der Waals surface area contributed by atoms with Crippen LogP contribution in [-0.2, 0) is 0 Å². The van der Waals surface area contributed by atoms with Crippen LogP contribution >= 0.6 is 0 Å².